The Morgan fingerprint density at radius 3 is 2.16 bits per heavy atom. The van der Waals surface area contributed by atoms with Crippen molar-refractivity contribution in [3.8, 4) is 0 Å². The van der Waals surface area contributed by atoms with Crippen molar-refractivity contribution in [2.45, 2.75) is 44.1 Å². The summed E-state index contributed by atoms with van der Waals surface area (Å²) in [7, 11) is 0. The molecule has 1 atom stereocenters. The molecule has 0 bridgehead atoms. The van der Waals surface area contributed by atoms with Gasteiger partial charge in [0.05, 0.1) is 11.5 Å². The van der Waals surface area contributed by atoms with E-state index in [1.54, 1.807) is 0 Å². The van der Waals surface area contributed by atoms with E-state index < -0.39 is 5.41 Å². The summed E-state index contributed by atoms with van der Waals surface area (Å²) in [5, 5.41) is 6.59. The Hall–Kier alpha value is -2.66. The lowest BCUT2D eigenvalue weighted by molar-refractivity contribution is -0.141. The van der Waals surface area contributed by atoms with Crippen molar-refractivity contribution in [2.75, 3.05) is 26.2 Å². The molecule has 0 unspecified atom stereocenters. The van der Waals surface area contributed by atoms with Crippen LogP contribution in [0.3, 0.4) is 0 Å². The maximum absolute atomic E-state index is 13.7. The van der Waals surface area contributed by atoms with Gasteiger partial charge in [-0.05, 0) is 56.8 Å². The molecule has 2 amide bonds. The second-order valence-corrected chi connectivity index (χ2v) is 8.90. The lowest BCUT2D eigenvalue weighted by atomic mass is 9.71. The van der Waals surface area contributed by atoms with E-state index in [9.17, 15) is 9.59 Å². The Kier molecular flexibility index (Phi) is 6.71. The Morgan fingerprint density at radius 2 is 1.55 bits per heavy atom. The van der Waals surface area contributed by atoms with Crippen LogP contribution in [0.25, 0.3) is 0 Å². The van der Waals surface area contributed by atoms with E-state index in [2.05, 4.69) is 22.8 Å². The van der Waals surface area contributed by atoms with Gasteiger partial charge in [-0.3, -0.25) is 9.59 Å². The standard InChI is InChI=1S/C26H33N3O2/c1-20(21-8-4-2-5-9-21)28-25(31)26(23-10-6-3-7-11-23)14-18-29(19-15-26)24(30)22-12-16-27-17-13-22/h2-11,20,22,27H,12-19H2,1H3,(H,28,31)/t20-/m0/s1. The third kappa shape index (κ3) is 4.67. The van der Waals surface area contributed by atoms with Gasteiger partial charge in [-0.25, -0.2) is 0 Å². The van der Waals surface area contributed by atoms with Gasteiger partial charge in [0, 0.05) is 19.0 Å². The first-order valence-corrected chi connectivity index (χ1v) is 11.5. The number of amides is 2. The highest BCUT2D eigenvalue weighted by Gasteiger charge is 2.44. The zero-order valence-corrected chi connectivity index (χ0v) is 18.3. The van der Waals surface area contributed by atoms with Crippen LogP contribution in [-0.4, -0.2) is 42.9 Å². The van der Waals surface area contributed by atoms with E-state index in [4.69, 9.17) is 0 Å². The molecule has 164 valence electrons. The Morgan fingerprint density at radius 1 is 0.968 bits per heavy atom. The SMILES string of the molecule is C[C@H](NC(=O)C1(c2ccccc2)CCN(C(=O)C2CCNCC2)CC1)c1ccccc1. The van der Waals surface area contributed by atoms with E-state index in [0.29, 0.717) is 25.9 Å². The van der Waals surface area contributed by atoms with Crippen LogP contribution in [-0.2, 0) is 15.0 Å². The third-order valence-corrected chi connectivity index (χ3v) is 7.03. The van der Waals surface area contributed by atoms with Crippen LogP contribution in [0.4, 0.5) is 0 Å². The molecule has 2 aromatic carbocycles. The van der Waals surface area contributed by atoms with Gasteiger partial charge in [0.25, 0.3) is 0 Å². The minimum Gasteiger partial charge on any atom is -0.349 e. The number of hydrogen-bond donors (Lipinski definition) is 2. The van der Waals surface area contributed by atoms with Crippen molar-refractivity contribution in [3.63, 3.8) is 0 Å². The molecular weight excluding hydrogens is 386 g/mol. The van der Waals surface area contributed by atoms with Gasteiger partial charge in [-0.15, -0.1) is 0 Å². The lowest BCUT2D eigenvalue weighted by Crippen LogP contribution is -2.54. The van der Waals surface area contributed by atoms with Crippen LogP contribution >= 0.6 is 0 Å². The normalized spacial score (nSPS) is 20.1. The van der Waals surface area contributed by atoms with Crippen LogP contribution < -0.4 is 10.6 Å². The molecule has 0 saturated carbocycles. The highest BCUT2D eigenvalue weighted by Crippen LogP contribution is 2.37. The highest BCUT2D eigenvalue weighted by atomic mass is 16.2. The molecule has 0 radical (unpaired) electrons. The van der Waals surface area contributed by atoms with Gasteiger partial charge < -0.3 is 15.5 Å². The number of hydrogen-bond acceptors (Lipinski definition) is 3. The zero-order chi connectivity index (χ0) is 21.7. The molecule has 4 rings (SSSR count). The van der Waals surface area contributed by atoms with Crippen molar-refractivity contribution in [2.24, 2.45) is 5.92 Å². The zero-order valence-electron chi connectivity index (χ0n) is 18.3. The van der Waals surface area contributed by atoms with E-state index >= 15 is 0 Å². The summed E-state index contributed by atoms with van der Waals surface area (Å²) >= 11 is 0. The van der Waals surface area contributed by atoms with Gasteiger partial charge in [-0.1, -0.05) is 60.7 Å². The molecule has 2 aromatic rings. The fraction of sp³-hybridized carbons (Fsp3) is 0.462. The van der Waals surface area contributed by atoms with Crippen LogP contribution in [0.5, 0.6) is 0 Å². The second-order valence-electron chi connectivity index (χ2n) is 8.90. The molecule has 2 saturated heterocycles. The number of rotatable bonds is 5. The molecule has 2 N–H and O–H groups in total. The molecule has 2 heterocycles. The predicted octanol–water partition coefficient (Wildman–Crippen LogP) is 3.42. The molecule has 2 aliphatic heterocycles. The monoisotopic (exact) mass is 419 g/mol. The van der Waals surface area contributed by atoms with E-state index in [-0.39, 0.29) is 23.8 Å². The van der Waals surface area contributed by atoms with E-state index in [1.165, 1.54) is 0 Å². The van der Waals surface area contributed by atoms with Crippen molar-refractivity contribution >= 4 is 11.8 Å². The summed E-state index contributed by atoms with van der Waals surface area (Å²) in [6.07, 6.45) is 3.13. The molecule has 2 aliphatic rings. The largest absolute Gasteiger partial charge is 0.349 e. The van der Waals surface area contributed by atoms with Crippen LogP contribution in [0.1, 0.15) is 49.8 Å². The van der Waals surface area contributed by atoms with Gasteiger partial charge in [0.1, 0.15) is 0 Å². The van der Waals surface area contributed by atoms with E-state index in [1.807, 2.05) is 60.4 Å². The van der Waals surface area contributed by atoms with Crippen molar-refractivity contribution in [1.29, 1.82) is 0 Å². The maximum Gasteiger partial charge on any atom is 0.231 e. The van der Waals surface area contributed by atoms with Gasteiger partial charge >= 0.3 is 0 Å². The molecule has 31 heavy (non-hydrogen) atoms. The van der Waals surface area contributed by atoms with Crippen molar-refractivity contribution < 1.29 is 9.59 Å². The quantitative estimate of drug-likeness (QED) is 0.781. The fourth-order valence-corrected chi connectivity index (χ4v) is 5.00. The van der Waals surface area contributed by atoms with Crippen molar-refractivity contribution in [3.05, 3.63) is 71.8 Å². The van der Waals surface area contributed by atoms with Gasteiger partial charge in [0.15, 0.2) is 0 Å². The summed E-state index contributed by atoms with van der Waals surface area (Å²) in [5.74, 6) is 0.447. The van der Waals surface area contributed by atoms with Crippen LogP contribution in [0.15, 0.2) is 60.7 Å². The first-order valence-electron chi connectivity index (χ1n) is 11.5. The van der Waals surface area contributed by atoms with Gasteiger partial charge in [0.2, 0.25) is 11.8 Å². The maximum atomic E-state index is 13.7. The first-order chi connectivity index (χ1) is 15.1. The topological polar surface area (TPSA) is 61.4 Å². The average molecular weight is 420 g/mol. The molecule has 0 spiro atoms. The molecule has 5 nitrogen and oxygen atoms in total. The number of nitrogens with one attached hydrogen (secondary N) is 2. The van der Waals surface area contributed by atoms with E-state index in [0.717, 1.165) is 37.1 Å². The molecule has 0 aromatic heterocycles. The molecule has 5 heteroatoms. The Bertz CT molecular complexity index is 870. The number of piperidine rings is 2. The molecule has 2 fully saturated rings. The van der Waals surface area contributed by atoms with Crippen molar-refractivity contribution in [1.82, 2.24) is 15.5 Å². The number of benzene rings is 2. The predicted molar refractivity (Wildman–Crippen MR) is 123 cm³/mol. The highest BCUT2D eigenvalue weighted by molar-refractivity contribution is 5.89. The molecule has 0 aliphatic carbocycles. The lowest BCUT2D eigenvalue weighted by Gasteiger charge is -2.42. The first kappa shape index (κ1) is 21.6. The van der Waals surface area contributed by atoms with Crippen LogP contribution in [0, 0.1) is 5.92 Å². The summed E-state index contributed by atoms with van der Waals surface area (Å²) in [5.41, 5.74) is 1.54. The van der Waals surface area contributed by atoms with Gasteiger partial charge in [-0.2, -0.15) is 0 Å². The second kappa shape index (κ2) is 9.65. The average Bonchev–Trinajstić information content (AvgIpc) is 2.85. The minimum absolute atomic E-state index is 0.0593. The van der Waals surface area contributed by atoms with Crippen LogP contribution in [0.2, 0.25) is 0 Å². The number of likely N-dealkylation sites (tertiary alicyclic amines) is 1. The fourth-order valence-electron chi connectivity index (χ4n) is 5.00. The Balaban J connectivity index is 1.50. The third-order valence-electron chi connectivity index (χ3n) is 7.03. The Labute approximate surface area is 185 Å². The minimum atomic E-state index is -0.602. The summed E-state index contributed by atoms with van der Waals surface area (Å²) < 4.78 is 0. The number of carbonyl (C=O) groups is 2. The smallest absolute Gasteiger partial charge is 0.231 e. The number of carbonyl (C=O) groups excluding carboxylic acids is 2. The summed E-state index contributed by atoms with van der Waals surface area (Å²) in [4.78, 5) is 28.7. The summed E-state index contributed by atoms with van der Waals surface area (Å²) in [6, 6.07) is 20.1. The molecular formula is C26H33N3O2. The number of nitrogens with zero attached hydrogens (tertiary/aromatic N) is 1. The summed E-state index contributed by atoms with van der Waals surface area (Å²) in [6.45, 7) is 5.12.